The maximum Gasteiger partial charge on any atom is 0.134 e. The quantitative estimate of drug-likeness (QED) is 0.726. The van der Waals surface area contributed by atoms with Gasteiger partial charge in [-0.3, -0.25) is 4.79 Å². The molecular weight excluding hydrogens is 178 g/mol. The van der Waals surface area contributed by atoms with Gasteiger partial charge in [0.25, 0.3) is 0 Å². The van der Waals surface area contributed by atoms with Gasteiger partial charge in [0, 0.05) is 25.4 Å². The van der Waals surface area contributed by atoms with Crippen molar-refractivity contribution in [2.24, 2.45) is 5.92 Å². The molecule has 3 nitrogen and oxygen atoms in total. The molecule has 0 bridgehead atoms. The Balaban J connectivity index is 2.12. The molecule has 3 heteroatoms. The zero-order chi connectivity index (χ0) is 10.4. The van der Waals surface area contributed by atoms with E-state index in [0.717, 1.165) is 26.0 Å². The summed E-state index contributed by atoms with van der Waals surface area (Å²) >= 11 is 0. The lowest BCUT2D eigenvalue weighted by atomic mass is 10.0. The van der Waals surface area contributed by atoms with E-state index in [0.29, 0.717) is 24.7 Å². The number of morpholine rings is 1. The number of nitrogens with one attached hydrogen (secondary N) is 1. The maximum atomic E-state index is 11.5. The Morgan fingerprint density at radius 3 is 2.93 bits per heavy atom. The first-order chi connectivity index (χ1) is 6.68. The van der Waals surface area contributed by atoms with Gasteiger partial charge < -0.3 is 10.1 Å². The highest BCUT2D eigenvalue weighted by Gasteiger charge is 2.16. The summed E-state index contributed by atoms with van der Waals surface area (Å²) in [6.45, 7) is 6.64. The summed E-state index contributed by atoms with van der Waals surface area (Å²) in [7, 11) is 0. The van der Waals surface area contributed by atoms with Crippen LogP contribution in [0.4, 0.5) is 0 Å². The Morgan fingerprint density at radius 2 is 2.36 bits per heavy atom. The Morgan fingerprint density at radius 1 is 1.57 bits per heavy atom. The lowest BCUT2D eigenvalue weighted by molar-refractivity contribution is -0.120. The molecule has 1 aliphatic rings. The van der Waals surface area contributed by atoms with Gasteiger partial charge in [-0.15, -0.1) is 0 Å². The highest BCUT2D eigenvalue weighted by molar-refractivity contribution is 5.79. The van der Waals surface area contributed by atoms with Crippen molar-refractivity contribution in [2.45, 2.75) is 39.2 Å². The van der Waals surface area contributed by atoms with E-state index < -0.39 is 0 Å². The Hall–Kier alpha value is -0.410. The average molecular weight is 199 g/mol. The predicted molar refractivity (Wildman–Crippen MR) is 56.3 cm³/mol. The number of ketones is 1. The van der Waals surface area contributed by atoms with Crippen LogP contribution in [-0.4, -0.2) is 31.6 Å². The molecule has 0 aromatic carbocycles. The van der Waals surface area contributed by atoms with Crippen molar-refractivity contribution in [3.8, 4) is 0 Å². The van der Waals surface area contributed by atoms with E-state index in [2.05, 4.69) is 19.2 Å². The summed E-state index contributed by atoms with van der Waals surface area (Å²) in [5, 5.41) is 3.29. The third-order valence-electron chi connectivity index (χ3n) is 2.47. The first-order valence-electron chi connectivity index (χ1n) is 5.51. The second-order valence-electron chi connectivity index (χ2n) is 4.40. The SMILES string of the molecule is CC(C)CCC(=O)CC1COCCN1. The van der Waals surface area contributed by atoms with Crippen LogP contribution in [0.5, 0.6) is 0 Å². The highest BCUT2D eigenvalue weighted by atomic mass is 16.5. The number of Topliss-reactive ketones (excluding diaryl/α,β-unsaturated/α-hetero) is 1. The summed E-state index contributed by atoms with van der Waals surface area (Å²) in [6, 6.07) is 0.253. The predicted octanol–water partition coefficient (Wildman–Crippen LogP) is 1.37. The van der Waals surface area contributed by atoms with Crippen LogP contribution in [0.1, 0.15) is 33.1 Å². The number of ether oxygens (including phenoxy) is 1. The van der Waals surface area contributed by atoms with Gasteiger partial charge in [0.1, 0.15) is 5.78 Å². The van der Waals surface area contributed by atoms with Crippen molar-refractivity contribution in [1.82, 2.24) is 5.32 Å². The molecule has 0 radical (unpaired) electrons. The van der Waals surface area contributed by atoms with E-state index in [4.69, 9.17) is 4.74 Å². The third-order valence-corrected chi connectivity index (χ3v) is 2.47. The normalized spacial score (nSPS) is 22.6. The zero-order valence-electron chi connectivity index (χ0n) is 9.21. The van der Waals surface area contributed by atoms with E-state index in [1.165, 1.54) is 0 Å². The molecule has 1 fully saturated rings. The third kappa shape index (κ3) is 4.72. The highest BCUT2D eigenvalue weighted by Crippen LogP contribution is 2.08. The van der Waals surface area contributed by atoms with Crippen LogP contribution in [0.3, 0.4) is 0 Å². The lowest BCUT2D eigenvalue weighted by Gasteiger charge is -2.23. The smallest absolute Gasteiger partial charge is 0.134 e. The van der Waals surface area contributed by atoms with Crippen molar-refractivity contribution in [2.75, 3.05) is 19.8 Å². The van der Waals surface area contributed by atoms with Gasteiger partial charge in [-0.1, -0.05) is 13.8 Å². The van der Waals surface area contributed by atoms with Gasteiger partial charge in [0.15, 0.2) is 0 Å². The van der Waals surface area contributed by atoms with E-state index in [1.807, 2.05) is 0 Å². The van der Waals surface area contributed by atoms with Gasteiger partial charge >= 0.3 is 0 Å². The Kier molecular flexibility index (Phi) is 5.12. The van der Waals surface area contributed by atoms with Crippen LogP contribution in [0, 0.1) is 5.92 Å². The average Bonchev–Trinajstić information content (AvgIpc) is 2.16. The van der Waals surface area contributed by atoms with Gasteiger partial charge in [-0.25, -0.2) is 0 Å². The zero-order valence-corrected chi connectivity index (χ0v) is 9.21. The van der Waals surface area contributed by atoms with E-state index in [1.54, 1.807) is 0 Å². The van der Waals surface area contributed by atoms with Gasteiger partial charge in [-0.05, 0) is 12.3 Å². The van der Waals surface area contributed by atoms with Crippen molar-refractivity contribution >= 4 is 5.78 Å². The molecular formula is C11H21NO2. The number of carbonyl (C=O) groups excluding carboxylic acids is 1. The molecule has 0 aromatic heterocycles. The monoisotopic (exact) mass is 199 g/mol. The van der Waals surface area contributed by atoms with Gasteiger partial charge in [0.2, 0.25) is 0 Å². The molecule has 0 saturated carbocycles. The summed E-state index contributed by atoms with van der Waals surface area (Å²) in [6.07, 6.45) is 2.36. The van der Waals surface area contributed by atoms with Crippen LogP contribution in [-0.2, 0) is 9.53 Å². The van der Waals surface area contributed by atoms with Gasteiger partial charge in [-0.2, -0.15) is 0 Å². The van der Waals surface area contributed by atoms with Crippen LogP contribution in [0.15, 0.2) is 0 Å². The number of rotatable bonds is 5. The first-order valence-corrected chi connectivity index (χ1v) is 5.51. The van der Waals surface area contributed by atoms with Crippen molar-refractivity contribution in [3.05, 3.63) is 0 Å². The summed E-state index contributed by atoms with van der Waals surface area (Å²) in [5.41, 5.74) is 0. The molecule has 0 amide bonds. The van der Waals surface area contributed by atoms with E-state index in [9.17, 15) is 4.79 Å². The molecule has 1 saturated heterocycles. The van der Waals surface area contributed by atoms with Crippen LogP contribution in [0.25, 0.3) is 0 Å². The number of carbonyl (C=O) groups is 1. The Labute approximate surface area is 86.2 Å². The topological polar surface area (TPSA) is 38.3 Å². The fourth-order valence-corrected chi connectivity index (χ4v) is 1.58. The molecule has 0 aromatic rings. The molecule has 1 heterocycles. The minimum Gasteiger partial charge on any atom is -0.379 e. The summed E-state index contributed by atoms with van der Waals surface area (Å²) in [4.78, 5) is 11.5. The minimum absolute atomic E-state index is 0.253. The molecule has 0 aliphatic carbocycles. The minimum atomic E-state index is 0.253. The fraction of sp³-hybridized carbons (Fsp3) is 0.909. The molecule has 82 valence electrons. The Bertz CT molecular complexity index is 174. The maximum absolute atomic E-state index is 11.5. The first kappa shape index (κ1) is 11.7. The molecule has 0 spiro atoms. The standard InChI is InChI=1S/C11H21NO2/c1-9(2)3-4-11(13)7-10-8-14-6-5-12-10/h9-10,12H,3-8H2,1-2H3. The van der Waals surface area contributed by atoms with Gasteiger partial charge in [0.05, 0.1) is 13.2 Å². The molecule has 1 aliphatic heterocycles. The number of hydrogen-bond donors (Lipinski definition) is 1. The van der Waals surface area contributed by atoms with Crippen molar-refractivity contribution < 1.29 is 9.53 Å². The second-order valence-corrected chi connectivity index (χ2v) is 4.40. The van der Waals surface area contributed by atoms with Crippen LogP contribution >= 0.6 is 0 Å². The summed E-state index contributed by atoms with van der Waals surface area (Å²) < 4.78 is 5.29. The number of hydrogen-bond acceptors (Lipinski definition) is 3. The molecule has 14 heavy (non-hydrogen) atoms. The molecule has 1 atom stereocenters. The van der Waals surface area contributed by atoms with Crippen molar-refractivity contribution in [3.63, 3.8) is 0 Å². The lowest BCUT2D eigenvalue weighted by Crippen LogP contribution is -2.42. The largest absolute Gasteiger partial charge is 0.379 e. The van der Waals surface area contributed by atoms with Crippen molar-refractivity contribution in [1.29, 1.82) is 0 Å². The fourth-order valence-electron chi connectivity index (χ4n) is 1.58. The molecule has 1 unspecified atom stereocenters. The molecule has 1 N–H and O–H groups in total. The summed E-state index contributed by atoms with van der Waals surface area (Å²) in [5.74, 6) is 0.983. The van der Waals surface area contributed by atoms with E-state index in [-0.39, 0.29) is 6.04 Å². The van der Waals surface area contributed by atoms with Crippen LogP contribution in [0.2, 0.25) is 0 Å². The second kappa shape index (κ2) is 6.14. The van der Waals surface area contributed by atoms with E-state index >= 15 is 0 Å². The van der Waals surface area contributed by atoms with Crippen LogP contribution < -0.4 is 5.32 Å². The molecule has 1 rings (SSSR count).